The summed E-state index contributed by atoms with van der Waals surface area (Å²) in [5.41, 5.74) is 7.53. The topological polar surface area (TPSA) is 83.0 Å². The number of carbonyl (C=O) groups is 1. The molecule has 2 heterocycles. The number of anilines is 1. The number of ether oxygens (including phenoxy) is 1. The Morgan fingerprint density at radius 3 is 2.89 bits per heavy atom. The largest absolute Gasteiger partial charge is 0.421 e. The summed E-state index contributed by atoms with van der Waals surface area (Å²) >= 11 is 0. The molecule has 0 aliphatic heterocycles. The van der Waals surface area contributed by atoms with Gasteiger partial charge in [-0.15, -0.1) is 0 Å². The molecule has 0 bridgehead atoms. The summed E-state index contributed by atoms with van der Waals surface area (Å²) in [6, 6.07) is 3.31. The average molecular weight is 258 g/mol. The summed E-state index contributed by atoms with van der Waals surface area (Å²) in [4.78, 5) is 15.5. The quantitative estimate of drug-likeness (QED) is 0.846. The van der Waals surface area contributed by atoms with Crippen molar-refractivity contribution >= 4 is 12.0 Å². The Morgan fingerprint density at radius 2 is 2.32 bits per heavy atom. The second kappa shape index (κ2) is 4.38. The van der Waals surface area contributed by atoms with E-state index in [-0.39, 0.29) is 0 Å². The third-order valence-electron chi connectivity index (χ3n) is 3.16. The molecule has 6 nitrogen and oxygen atoms in total. The highest BCUT2D eigenvalue weighted by molar-refractivity contribution is 5.85. The van der Waals surface area contributed by atoms with Gasteiger partial charge < -0.3 is 10.5 Å². The highest BCUT2D eigenvalue weighted by atomic mass is 16.5. The maximum Gasteiger partial charge on any atom is 0.223 e. The lowest BCUT2D eigenvalue weighted by Gasteiger charge is -2.10. The SMILES string of the molecule is Cn1nccc1Oc1cc(N)c(C=O)c(C2CC2)n1. The van der Waals surface area contributed by atoms with Gasteiger partial charge in [0.2, 0.25) is 11.8 Å². The zero-order valence-electron chi connectivity index (χ0n) is 10.5. The number of pyridine rings is 1. The van der Waals surface area contributed by atoms with Crippen molar-refractivity contribution in [3.63, 3.8) is 0 Å². The van der Waals surface area contributed by atoms with Crippen LogP contribution in [0.1, 0.15) is 34.8 Å². The molecule has 0 aromatic carbocycles. The minimum atomic E-state index is 0.331. The predicted octanol–water partition coefficient (Wildman–Crippen LogP) is 1.88. The van der Waals surface area contributed by atoms with E-state index in [0.29, 0.717) is 28.9 Å². The minimum absolute atomic E-state index is 0.331. The van der Waals surface area contributed by atoms with E-state index in [1.165, 1.54) is 0 Å². The third-order valence-corrected chi connectivity index (χ3v) is 3.16. The lowest BCUT2D eigenvalue weighted by atomic mass is 10.1. The minimum Gasteiger partial charge on any atom is -0.421 e. The van der Waals surface area contributed by atoms with Crippen molar-refractivity contribution in [3.05, 3.63) is 29.6 Å². The van der Waals surface area contributed by atoms with Crippen molar-refractivity contribution in [1.29, 1.82) is 0 Å². The number of aldehydes is 1. The molecule has 1 saturated carbocycles. The number of aromatic nitrogens is 3. The Balaban J connectivity index is 1.98. The maximum absolute atomic E-state index is 11.1. The summed E-state index contributed by atoms with van der Waals surface area (Å²) in [6.07, 6.45) is 4.50. The van der Waals surface area contributed by atoms with Crippen LogP contribution >= 0.6 is 0 Å². The van der Waals surface area contributed by atoms with Gasteiger partial charge in [0, 0.05) is 30.8 Å². The van der Waals surface area contributed by atoms with Crippen molar-refractivity contribution in [3.8, 4) is 11.8 Å². The first-order valence-corrected chi connectivity index (χ1v) is 6.10. The summed E-state index contributed by atoms with van der Waals surface area (Å²) in [7, 11) is 1.78. The van der Waals surface area contributed by atoms with Crippen LogP contribution < -0.4 is 10.5 Å². The van der Waals surface area contributed by atoms with Crippen molar-refractivity contribution in [1.82, 2.24) is 14.8 Å². The van der Waals surface area contributed by atoms with Gasteiger partial charge in [0.1, 0.15) is 0 Å². The van der Waals surface area contributed by atoms with Crippen LogP contribution in [0, 0.1) is 0 Å². The van der Waals surface area contributed by atoms with Gasteiger partial charge in [0.05, 0.1) is 17.5 Å². The molecule has 0 atom stereocenters. The molecule has 2 aromatic rings. The first kappa shape index (κ1) is 11.7. The van der Waals surface area contributed by atoms with Gasteiger partial charge in [-0.25, -0.2) is 9.67 Å². The van der Waals surface area contributed by atoms with Gasteiger partial charge in [-0.3, -0.25) is 4.79 Å². The van der Waals surface area contributed by atoms with E-state index < -0.39 is 0 Å². The molecule has 98 valence electrons. The van der Waals surface area contributed by atoms with Crippen molar-refractivity contribution < 1.29 is 9.53 Å². The van der Waals surface area contributed by atoms with Gasteiger partial charge in [-0.2, -0.15) is 5.10 Å². The maximum atomic E-state index is 11.1. The van der Waals surface area contributed by atoms with Crippen LogP contribution in [0.3, 0.4) is 0 Å². The summed E-state index contributed by atoms with van der Waals surface area (Å²) in [5, 5.41) is 4.02. The molecule has 2 aromatic heterocycles. The Morgan fingerprint density at radius 1 is 1.53 bits per heavy atom. The molecule has 1 aliphatic carbocycles. The van der Waals surface area contributed by atoms with Crippen molar-refractivity contribution in [2.24, 2.45) is 7.05 Å². The number of nitrogens with zero attached hydrogens (tertiary/aromatic N) is 3. The normalized spacial score (nSPS) is 14.4. The smallest absolute Gasteiger partial charge is 0.223 e. The molecule has 0 amide bonds. The highest BCUT2D eigenvalue weighted by Crippen LogP contribution is 2.42. The molecular formula is C13H14N4O2. The van der Waals surface area contributed by atoms with Crippen LogP contribution in [-0.2, 0) is 7.05 Å². The van der Waals surface area contributed by atoms with Gasteiger partial charge in [0.25, 0.3) is 0 Å². The molecule has 3 rings (SSSR count). The fraction of sp³-hybridized carbons (Fsp3) is 0.308. The van der Waals surface area contributed by atoms with Gasteiger partial charge in [-0.1, -0.05) is 0 Å². The van der Waals surface area contributed by atoms with Crippen LogP contribution in [0.4, 0.5) is 5.69 Å². The number of carbonyl (C=O) groups excluding carboxylic acids is 1. The van der Waals surface area contributed by atoms with E-state index in [1.807, 2.05) is 0 Å². The van der Waals surface area contributed by atoms with Crippen molar-refractivity contribution in [2.45, 2.75) is 18.8 Å². The monoisotopic (exact) mass is 258 g/mol. The van der Waals surface area contributed by atoms with Crippen LogP contribution in [0.25, 0.3) is 0 Å². The Kier molecular flexibility index (Phi) is 2.70. The fourth-order valence-corrected chi connectivity index (χ4v) is 1.99. The third kappa shape index (κ3) is 2.16. The molecule has 0 unspecified atom stereocenters. The molecule has 6 heteroatoms. The van der Waals surface area contributed by atoms with Gasteiger partial charge in [-0.05, 0) is 12.8 Å². The zero-order chi connectivity index (χ0) is 13.4. The summed E-state index contributed by atoms with van der Waals surface area (Å²) < 4.78 is 7.24. The number of rotatable bonds is 4. The van der Waals surface area contributed by atoms with E-state index >= 15 is 0 Å². The fourth-order valence-electron chi connectivity index (χ4n) is 1.99. The number of hydrogen-bond donors (Lipinski definition) is 1. The second-order valence-corrected chi connectivity index (χ2v) is 4.64. The molecule has 19 heavy (non-hydrogen) atoms. The average Bonchev–Trinajstić information content (AvgIpc) is 3.15. The zero-order valence-corrected chi connectivity index (χ0v) is 10.5. The number of nitrogen functional groups attached to an aromatic ring is 1. The summed E-state index contributed by atoms with van der Waals surface area (Å²) in [6.45, 7) is 0. The Bertz CT molecular complexity index is 632. The van der Waals surface area contributed by atoms with Crippen molar-refractivity contribution in [2.75, 3.05) is 5.73 Å². The van der Waals surface area contributed by atoms with E-state index in [0.717, 1.165) is 24.8 Å². The first-order valence-electron chi connectivity index (χ1n) is 6.10. The number of nitrogens with two attached hydrogens (primary N) is 1. The van der Waals surface area contributed by atoms with E-state index in [1.54, 1.807) is 30.1 Å². The van der Waals surface area contributed by atoms with E-state index in [9.17, 15) is 4.79 Å². The van der Waals surface area contributed by atoms with E-state index in [4.69, 9.17) is 10.5 Å². The van der Waals surface area contributed by atoms with Gasteiger partial charge in [0.15, 0.2) is 6.29 Å². The number of aryl methyl sites for hydroxylation is 1. The Labute approximate surface area is 110 Å². The second-order valence-electron chi connectivity index (χ2n) is 4.64. The van der Waals surface area contributed by atoms with Gasteiger partial charge >= 0.3 is 0 Å². The van der Waals surface area contributed by atoms with E-state index in [2.05, 4.69) is 10.1 Å². The molecular weight excluding hydrogens is 244 g/mol. The lowest BCUT2D eigenvalue weighted by molar-refractivity contribution is 0.112. The molecule has 1 aliphatic rings. The molecule has 0 radical (unpaired) electrons. The standard InChI is InChI=1S/C13H14N4O2/c1-17-12(4-5-15-17)19-11-6-10(14)9(7-18)13(16-11)8-2-3-8/h4-8H,2-3H2,1H3,(H2,14,16). The molecule has 2 N–H and O–H groups in total. The molecule has 1 fully saturated rings. The molecule has 0 saturated heterocycles. The Hall–Kier alpha value is -2.37. The molecule has 0 spiro atoms. The van der Waals surface area contributed by atoms with Crippen LogP contribution in [0.5, 0.6) is 11.8 Å². The number of hydrogen-bond acceptors (Lipinski definition) is 5. The van der Waals surface area contributed by atoms with Crippen LogP contribution in [0.2, 0.25) is 0 Å². The highest BCUT2D eigenvalue weighted by Gasteiger charge is 2.29. The lowest BCUT2D eigenvalue weighted by Crippen LogP contribution is -2.04. The first-order chi connectivity index (χ1) is 9.19. The van der Waals surface area contributed by atoms with Crippen LogP contribution in [0.15, 0.2) is 18.3 Å². The van der Waals surface area contributed by atoms with Crippen LogP contribution in [-0.4, -0.2) is 21.1 Å². The summed E-state index contributed by atoms with van der Waals surface area (Å²) in [5.74, 6) is 1.30. The predicted molar refractivity (Wildman–Crippen MR) is 69.3 cm³/mol.